The molecule has 1 aliphatic carbocycles. The lowest BCUT2D eigenvalue weighted by atomic mass is 10.1. The van der Waals surface area contributed by atoms with Crippen molar-refractivity contribution < 1.29 is 4.79 Å². The van der Waals surface area contributed by atoms with Gasteiger partial charge in [0, 0.05) is 32.4 Å². The number of rotatable bonds is 5. The van der Waals surface area contributed by atoms with Gasteiger partial charge < -0.3 is 10.6 Å². The lowest BCUT2D eigenvalue weighted by Crippen LogP contribution is -2.36. The van der Waals surface area contributed by atoms with Gasteiger partial charge in [0.25, 0.3) is 5.91 Å². The number of carbonyl (C=O) groups excluding carboxylic acids is 1. The van der Waals surface area contributed by atoms with E-state index in [4.69, 9.17) is 0 Å². The molecule has 20 heavy (non-hydrogen) atoms. The third-order valence-corrected chi connectivity index (χ3v) is 3.67. The van der Waals surface area contributed by atoms with E-state index in [9.17, 15) is 4.79 Å². The number of hydrogen-bond acceptors (Lipinski definition) is 3. The van der Waals surface area contributed by atoms with Crippen molar-refractivity contribution >= 4 is 18.3 Å². The fraction of sp³-hybridized carbons (Fsp3) is 0.714. The minimum atomic E-state index is -0.0456. The van der Waals surface area contributed by atoms with Crippen molar-refractivity contribution in [1.29, 1.82) is 0 Å². The Morgan fingerprint density at radius 2 is 2.00 bits per heavy atom. The van der Waals surface area contributed by atoms with E-state index in [1.54, 1.807) is 17.1 Å². The van der Waals surface area contributed by atoms with Crippen LogP contribution in [0.1, 0.15) is 48.9 Å². The molecule has 0 atom stereocenters. The van der Waals surface area contributed by atoms with Crippen LogP contribution < -0.4 is 10.6 Å². The summed E-state index contributed by atoms with van der Waals surface area (Å²) in [6.45, 7) is 1.51. The summed E-state index contributed by atoms with van der Waals surface area (Å²) in [7, 11) is 1.81. The van der Waals surface area contributed by atoms with Crippen LogP contribution in [0, 0.1) is 0 Å². The predicted octanol–water partition coefficient (Wildman–Crippen LogP) is 1.88. The fourth-order valence-corrected chi connectivity index (χ4v) is 2.58. The molecule has 5 nitrogen and oxygen atoms in total. The first-order valence-electron chi connectivity index (χ1n) is 7.26. The average molecular weight is 301 g/mol. The highest BCUT2D eigenvalue weighted by Gasteiger charge is 2.11. The highest BCUT2D eigenvalue weighted by molar-refractivity contribution is 5.93. The molecule has 0 saturated heterocycles. The first-order chi connectivity index (χ1) is 9.25. The molecule has 0 aliphatic heterocycles. The molecule has 0 spiro atoms. The van der Waals surface area contributed by atoms with Crippen LogP contribution in [0.15, 0.2) is 12.4 Å². The van der Waals surface area contributed by atoms with Gasteiger partial charge in [0.1, 0.15) is 0 Å². The molecule has 1 amide bonds. The van der Waals surface area contributed by atoms with Gasteiger partial charge in [-0.3, -0.25) is 9.48 Å². The summed E-state index contributed by atoms with van der Waals surface area (Å²) in [4.78, 5) is 11.8. The van der Waals surface area contributed by atoms with Gasteiger partial charge in [-0.2, -0.15) is 5.10 Å². The van der Waals surface area contributed by atoms with Gasteiger partial charge in [0.05, 0.1) is 11.8 Å². The zero-order valence-electron chi connectivity index (χ0n) is 12.1. The van der Waals surface area contributed by atoms with Gasteiger partial charge >= 0.3 is 0 Å². The van der Waals surface area contributed by atoms with Crippen molar-refractivity contribution in [2.75, 3.05) is 13.1 Å². The summed E-state index contributed by atoms with van der Waals surface area (Å²) in [6, 6.07) is 0.637. The number of aryl methyl sites for hydroxylation is 1. The molecule has 0 radical (unpaired) electrons. The van der Waals surface area contributed by atoms with Crippen LogP contribution in [0.5, 0.6) is 0 Å². The third kappa shape index (κ3) is 5.51. The summed E-state index contributed by atoms with van der Waals surface area (Å²) < 4.78 is 1.64. The highest BCUT2D eigenvalue weighted by atomic mass is 35.5. The molecule has 0 unspecified atom stereocenters. The number of nitrogens with zero attached hydrogens (tertiary/aromatic N) is 2. The molecule has 2 rings (SSSR count). The van der Waals surface area contributed by atoms with Crippen LogP contribution in [-0.4, -0.2) is 34.8 Å². The SMILES string of the molecule is Cl.Cn1cc(C(=O)NCCNC2CCCCCC2)cn1. The number of aromatic nitrogens is 2. The molecule has 1 aromatic heterocycles. The Kier molecular flexibility index (Phi) is 7.62. The van der Waals surface area contributed by atoms with E-state index in [2.05, 4.69) is 15.7 Å². The quantitative estimate of drug-likeness (QED) is 0.645. The molecule has 114 valence electrons. The molecule has 0 bridgehead atoms. The van der Waals surface area contributed by atoms with Crippen molar-refractivity contribution in [1.82, 2.24) is 20.4 Å². The molecule has 1 heterocycles. The van der Waals surface area contributed by atoms with Crippen molar-refractivity contribution in [3.05, 3.63) is 18.0 Å². The average Bonchev–Trinajstić information content (AvgIpc) is 2.68. The second-order valence-corrected chi connectivity index (χ2v) is 5.30. The molecular weight excluding hydrogens is 276 g/mol. The van der Waals surface area contributed by atoms with Gasteiger partial charge in [0.15, 0.2) is 0 Å². The Morgan fingerprint density at radius 1 is 1.30 bits per heavy atom. The number of amides is 1. The second kappa shape index (κ2) is 8.97. The second-order valence-electron chi connectivity index (χ2n) is 5.30. The van der Waals surface area contributed by atoms with E-state index >= 15 is 0 Å². The Morgan fingerprint density at radius 3 is 2.60 bits per heavy atom. The van der Waals surface area contributed by atoms with Crippen LogP contribution in [0.25, 0.3) is 0 Å². The van der Waals surface area contributed by atoms with E-state index < -0.39 is 0 Å². The molecule has 0 aromatic carbocycles. The maximum absolute atomic E-state index is 11.8. The highest BCUT2D eigenvalue weighted by Crippen LogP contribution is 2.16. The van der Waals surface area contributed by atoms with Gasteiger partial charge in [0.2, 0.25) is 0 Å². The summed E-state index contributed by atoms with van der Waals surface area (Å²) in [5.41, 5.74) is 0.622. The van der Waals surface area contributed by atoms with Crippen LogP contribution in [0.4, 0.5) is 0 Å². The minimum Gasteiger partial charge on any atom is -0.351 e. The first kappa shape index (κ1) is 17.0. The topological polar surface area (TPSA) is 59.0 Å². The van der Waals surface area contributed by atoms with Gasteiger partial charge in [-0.05, 0) is 12.8 Å². The van der Waals surface area contributed by atoms with Crippen molar-refractivity contribution in [2.45, 2.75) is 44.6 Å². The number of hydrogen-bond donors (Lipinski definition) is 2. The van der Waals surface area contributed by atoms with E-state index in [-0.39, 0.29) is 18.3 Å². The number of nitrogens with one attached hydrogen (secondary N) is 2. The Bertz CT molecular complexity index is 400. The number of halogens is 1. The van der Waals surface area contributed by atoms with Crippen molar-refractivity contribution in [3.8, 4) is 0 Å². The Balaban J connectivity index is 0.00000200. The Hall–Kier alpha value is -1.07. The van der Waals surface area contributed by atoms with E-state index in [1.165, 1.54) is 38.5 Å². The zero-order chi connectivity index (χ0) is 13.5. The normalized spacial score (nSPS) is 16.2. The summed E-state index contributed by atoms with van der Waals surface area (Å²) in [5.74, 6) is -0.0456. The van der Waals surface area contributed by atoms with Gasteiger partial charge in [-0.25, -0.2) is 0 Å². The minimum absolute atomic E-state index is 0. The van der Waals surface area contributed by atoms with Crippen LogP contribution in [-0.2, 0) is 7.05 Å². The standard InChI is InChI=1S/C14H24N4O.ClH/c1-18-11-12(10-17-18)14(19)16-9-8-15-13-6-4-2-3-5-7-13;/h10-11,13,15H,2-9H2,1H3,(H,16,19);1H. The van der Waals surface area contributed by atoms with E-state index in [0.29, 0.717) is 18.2 Å². The molecule has 1 saturated carbocycles. The predicted molar refractivity (Wildman–Crippen MR) is 82.3 cm³/mol. The molecule has 2 N–H and O–H groups in total. The van der Waals surface area contributed by atoms with Crippen LogP contribution in [0.2, 0.25) is 0 Å². The lowest BCUT2D eigenvalue weighted by Gasteiger charge is -2.16. The molecule has 6 heteroatoms. The molecule has 1 aliphatic rings. The number of carbonyl (C=O) groups is 1. The third-order valence-electron chi connectivity index (χ3n) is 3.67. The largest absolute Gasteiger partial charge is 0.351 e. The molecular formula is C14H25ClN4O. The monoisotopic (exact) mass is 300 g/mol. The van der Waals surface area contributed by atoms with Crippen molar-refractivity contribution in [2.24, 2.45) is 7.05 Å². The first-order valence-corrected chi connectivity index (χ1v) is 7.26. The molecule has 1 aromatic rings. The summed E-state index contributed by atoms with van der Waals surface area (Å²) in [6.07, 6.45) is 11.3. The molecule has 1 fully saturated rings. The fourth-order valence-electron chi connectivity index (χ4n) is 2.58. The summed E-state index contributed by atoms with van der Waals surface area (Å²) >= 11 is 0. The van der Waals surface area contributed by atoms with Crippen LogP contribution >= 0.6 is 12.4 Å². The van der Waals surface area contributed by atoms with E-state index in [1.807, 2.05) is 7.05 Å². The van der Waals surface area contributed by atoms with Crippen LogP contribution in [0.3, 0.4) is 0 Å². The van der Waals surface area contributed by atoms with Gasteiger partial charge in [-0.15, -0.1) is 12.4 Å². The maximum atomic E-state index is 11.8. The van der Waals surface area contributed by atoms with Crippen molar-refractivity contribution in [3.63, 3.8) is 0 Å². The Labute approximate surface area is 126 Å². The zero-order valence-corrected chi connectivity index (χ0v) is 12.9. The smallest absolute Gasteiger partial charge is 0.254 e. The van der Waals surface area contributed by atoms with Gasteiger partial charge in [-0.1, -0.05) is 25.7 Å². The van der Waals surface area contributed by atoms with E-state index in [0.717, 1.165) is 6.54 Å². The maximum Gasteiger partial charge on any atom is 0.254 e. The summed E-state index contributed by atoms with van der Waals surface area (Å²) in [5, 5.41) is 10.4. The lowest BCUT2D eigenvalue weighted by molar-refractivity contribution is 0.0953.